The average molecular weight is 420 g/mol. The number of anilines is 1. The largest absolute Gasteiger partial charge is 0.383 e. The van der Waals surface area contributed by atoms with Crippen LogP contribution in [0.25, 0.3) is 16.7 Å². The van der Waals surface area contributed by atoms with Crippen molar-refractivity contribution in [3.63, 3.8) is 0 Å². The molecule has 2 aromatic heterocycles. The first-order valence-electron chi connectivity index (χ1n) is 10.1. The van der Waals surface area contributed by atoms with Crippen molar-refractivity contribution in [2.24, 2.45) is 0 Å². The molecule has 2 N–H and O–H groups in total. The first-order chi connectivity index (χ1) is 15.2. The molecule has 9 heteroatoms. The van der Waals surface area contributed by atoms with Crippen LogP contribution in [-0.2, 0) is 17.8 Å². The van der Waals surface area contributed by atoms with Crippen LogP contribution in [0.2, 0.25) is 0 Å². The molecule has 0 aliphatic heterocycles. The lowest BCUT2D eigenvalue weighted by Crippen LogP contribution is -2.27. The van der Waals surface area contributed by atoms with Gasteiger partial charge in [0.1, 0.15) is 0 Å². The number of carbonyl (C=O) groups excluding carboxylic acids is 1. The maximum absolute atomic E-state index is 12.8. The number of methoxy groups -OCH3 is 1. The summed E-state index contributed by atoms with van der Waals surface area (Å²) in [5.74, 6) is 0.952. The highest BCUT2D eigenvalue weighted by Gasteiger charge is 2.16. The summed E-state index contributed by atoms with van der Waals surface area (Å²) in [4.78, 5) is 25.3. The summed E-state index contributed by atoms with van der Waals surface area (Å²) in [6.45, 7) is 3.60. The van der Waals surface area contributed by atoms with Crippen molar-refractivity contribution >= 4 is 28.3 Å². The lowest BCUT2D eigenvalue weighted by Gasteiger charge is -2.13. The third kappa shape index (κ3) is 3.87. The summed E-state index contributed by atoms with van der Waals surface area (Å²) in [6, 6.07) is 14.7. The minimum atomic E-state index is -0.184. The van der Waals surface area contributed by atoms with E-state index in [9.17, 15) is 9.59 Å². The number of amides is 1. The first-order valence-corrected chi connectivity index (χ1v) is 10.1. The predicted molar refractivity (Wildman–Crippen MR) is 118 cm³/mol. The van der Waals surface area contributed by atoms with Gasteiger partial charge in [-0.25, -0.2) is 0 Å². The Bertz CT molecular complexity index is 1290. The number of hydrogen-bond donors (Lipinski definition) is 2. The van der Waals surface area contributed by atoms with E-state index in [2.05, 4.69) is 20.8 Å². The number of carbonyl (C=O) groups is 1. The van der Waals surface area contributed by atoms with Crippen molar-refractivity contribution in [1.29, 1.82) is 0 Å². The Morgan fingerprint density at radius 2 is 1.87 bits per heavy atom. The monoisotopic (exact) mass is 420 g/mol. The molecular formula is C22H24N6O3. The lowest BCUT2D eigenvalue weighted by molar-refractivity contribution is 0.0938. The lowest BCUT2D eigenvalue weighted by atomic mass is 10.1. The molecule has 0 saturated carbocycles. The quantitative estimate of drug-likeness (QED) is 0.423. The normalized spacial score (nSPS) is 11.2. The van der Waals surface area contributed by atoms with Gasteiger partial charge in [0.05, 0.1) is 29.6 Å². The number of ether oxygens (including phenoxy) is 1. The van der Waals surface area contributed by atoms with E-state index >= 15 is 0 Å². The van der Waals surface area contributed by atoms with Gasteiger partial charge in [-0.2, -0.15) is 0 Å². The minimum Gasteiger partial charge on any atom is -0.383 e. The van der Waals surface area contributed by atoms with Gasteiger partial charge >= 0.3 is 0 Å². The fourth-order valence-corrected chi connectivity index (χ4v) is 3.59. The molecule has 0 bridgehead atoms. The number of hydrogen-bond acceptors (Lipinski definition) is 6. The smallest absolute Gasteiger partial charge is 0.262 e. The average Bonchev–Trinajstić information content (AvgIpc) is 3.22. The molecule has 2 aromatic carbocycles. The van der Waals surface area contributed by atoms with Gasteiger partial charge in [0.2, 0.25) is 5.78 Å². The number of para-hydroxylation sites is 2. The molecule has 0 unspecified atom stereocenters. The molecule has 0 atom stereocenters. The SMILES string of the molecule is CCn1c(=O)c2ccccc2n2c(CNc3ccccc3C(=O)NCCOC)nnc12. The van der Waals surface area contributed by atoms with Crippen molar-refractivity contribution in [3.8, 4) is 0 Å². The molecule has 0 saturated heterocycles. The zero-order chi connectivity index (χ0) is 21.8. The van der Waals surface area contributed by atoms with Crippen LogP contribution in [0.4, 0.5) is 5.69 Å². The van der Waals surface area contributed by atoms with Gasteiger partial charge in [0, 0.05) is 25.9 Å². The highest BCUT2D eigenvalue weighted by molar-refractivity contribution is 5.99. The molecule has 0 fully saturated rings. The van der Waals surface area contributed by atoms with Crippen LogP contribution in [0.3, 0.4) is 0 Å². The van der Waals surface area contributed by atoms with E-state index in [-0.39, 0.29) is 11.5 Å². The van der Waals surface area contributed by atoms with E-state index < -0.39 is 0 Å². The van der Waals surface area contributed by atoms with E-state index in [1.54, 1.807) is 23.8 Å². The zero-order valence-electron chi connectivity index (χ0n) is 17.5. The third-order valence-electron chi connectivity index (χ3n) is 5.09. The summed E-state index contributed by atoms with van der Waals surface area (Å²) in [5.41, 5.74) is 1.88. The standard InChI is InChI=1S/C22H24N6O3/c1-3-27-21(30)16-9-5-7-11-18(16)28-19(25-26-22(27)28)14-24-17-10-6-4-8-15(17)20(29)23-12-13-31-2/h4-11,24H,3,12-14H2,1-2H3,(H,23,29). The number of benzene rings is 2. The van der Waals surface area contributed by atoms with Crippen LogP contribution in [0.1, 0.15) is 23.1 Å². The van der Waals surface area contributed by atoms with Gasteiger partial charge in [-0.3, -0.25) is 18.6 Å². The van der Waals surface area contributed by atoms with Gasteiger partial charge < -0.3 is 15.4 Å². The number of rotatable bonds is 8. The van der Waals surface area contributed by atoms with Gasteiger partial charge in [0.25, 0.3) is 11.5 Å². The second-order valence-corrected chi connectivity index (χ2v) is 6.97. The Labute approximate surface area is 178 Å². The van der Waals surface area contributed by atoms with Gasteiger partial charge in [-0.05, 0) is 31.2 Å². The highest BCUT2D eigenvalue weighted by atomic mass is 16.5. The fourth-order valence-electron chi connectivity index (χ4n) is 3.59. The van der Waals surface area contributed by atoms with Crippen molar-refractivity contribution in [1.82, 2.24) is 24.5 Å². The summed E-state index contributed by atoms with van der Waals surface area (Å²) in [5, 5.41) is 15.3. The fraction of sp³-hybridized carbons (Fsp3) is 0.273. The molecule has 160 valence electrons. The number of aromatic nitrogens is 4. The summed E-state index contributed by atoms with van der Waals surface area (Å²) >= 11 is 0. The van der Waals surface area contributed by atoms with Crippen LogP contribution in [0.15, 0.2) is 53.3 Å². The second kappa shape index (κ2) is 8.97. The molecule has 9 nitrogen and oxygen atoms in total. The number of nitrogens with one attached hydrogen (secondary N) is 2. The molecule has 0 aliphatic rings. The van der Waals surface area contributed by atoms with Crippen LogP contribution in [-0.4, -0.2) is 45.3 Å². The molecule has 1 amide bonds. The maximum atomic E-state index is 12.8. The van der Waals surface area contributed by atoms with E-state index in [1.165, 1.54) is 0 Å². The van der Waals surface area contributed by atoms with Crippen molar-refractivity contribution in [2.45, 2.75) is 20.0 Å². The molecule has 2 heterocycles. The molecule has 31 heavy (non-hydrogen) atoms. The first kappa shape index (κ1) is 20.5. The third-order valence-corrected chi connectivity index (χ3v) is 5.09. The molecule has 4 aromatic rings. The van der Waals surface area contributed by atoms with Crippen molar-refractivity contribution in [3.05, 3.63) is 70.3 Å². The highest BCUT2D eigenvalue weighted by Crippen LogP contribution is 2.18. The maximum Gasteiger partial charge on any atom is 0.262 e. The van der Waals surface area contributed by atoms with Gasteiger partial charge in [-0.1, -0.05) is 24.3 Å². The van der Waals surface area contributed by atoms with Crippen LogP contribution in [0.5, 0.6) is 0 Å². The Balaban J connectivity index is 1.68. The summed E-state index contributed by atoms with van der Waals surface area (Å²) in [7, 11) is 1.59. The number of aryl methyl sites for hydroxylation is 1. The Morgan fingerprint density at radius 3 is 2.68 bits per heavy atom. The van der Waals surface area contributed by atoms with Gasteiger partial charge in [-0.15, -0.1) is 10.2 Å². The number of nitrogens with zero attached hydrogens (tertiary/aromatic N) is 4. The molecule has 0 aliphatic carbocycles. The molecular weight excluding hydrogens is 396 g/mol. The van der Waals surface area contributed by atoms with Crippen LogP contribution >= 0.6 is 0 Å². The van der Waals surface area contributed by atoms with E-state index in [0.29, 0.717) is 54.5 Å². The Morgan fingerprint density at radius 1 is 1.10 bits per heavy atom. The Kier molecular flexibility index (Phi) is 5.94. The topological polar surface area (TPSA) is 103 Å². The van der Waals surface area contributed by atoms with Gasteiger partial charge in [0.15, 0.2) is 5.82 Å². The van der Waals surface area contributed by atoms with Crippen molar-refractivity contribution in [2.75, 3.05) is 25.6 Å². The minimum absolute atomic E-state index is 0.0874. The molecule has 4 rings (SSSR count). The molecule has 0 spiro atoms. The number of fused-ring (bicyclic) bond motifs is 3. The Hall–Kier alpha value is -3.72. The molecule has 0 radical (unpaired) electrons. The van der Waals surface area contributed by atoms with Crippen LogP contribution < -0.4 is 16.2 Å². The summed E-state index contributed by atoms with van der Waals surface area (Å²) < 4.78 is 8.48. The zero-order valence-corrected chi connectivity index (χ0v) is 17.5. The van der Waals surface area contributed by atoms with E-state index in [1.807, 2.05) is 47.7 Å². The second-order valence-electron chi connectivity index (χ2n) is 6.97. The van der Waals surface area contributed by atoms with E-state index in [4.69, 9.17) is 4.74 Å². The van der Waals surface area contributed by atoms with Crippen LogP contribution in [0, 0.1) is 0 Å². The van der Waals surface area contributed by atoms with Crippen molar-refractivity contribution < 1.29 is 9.53 Å². The summed E-state index contributed by atoms with van der Waals surface area (Å²) in [6.07, 6.45) is 0. The predicted octanol–water partition coefficient (Wildman–Crippen LogP) is 2.05. The van der Waals surface area contributed by atoms with E-state index in [0.717, 1.165) is 5.52 Å².